The lowest BCUT2D eigenvalue weighted by molar-refractivity contribution is 0.0638. The predicted octanol–water partition coefficient (Wildman–Crippen LogP) is 0.698. The molecule has 0 atom stereocenters. The molecule has 1 N–H and O–H groups in total. The lowest BCUT2D eigenvalue weighted by atomic mass is 10.1. The van der Waals surface area contributed by atoms with Gasteiger partial charge in [-0.15, -0.1) is 0 Å². The molecule has 2 heterocycles. The second-order valence-corrected chi connectivity index (χ2v) is 4.88. The highest BCUT2D eigenvalue weighted by Gasteiger charge is 2.35. The third-order valence-corrected chi connectivity index (χ3v) is 3.64. The van der Waals surface area contributed by atoms with Gasteiger partial charge in [0.2, 0.25) is 0 Å². The van der Waals surface area contributed by atoms with E-state index in [1.165, 1.54) is 4.90 Å². The van der Waals surface area contributed by atoms with Gasteiger partial charge in [0, 0.05) is 26.2 Å². The zero-order chi connectivity index (χ0) is 14.1. The average Bonchev–Trinajstić information content (AvgIpc) is 2.71. The Kier molecular flexibility index (Phi) is 3.14. The van der Waals surface area contributed by atoms with Crippen molar-refractivity contribution in [2.75, 3.05) is 26.2 Å². The van der Waals surface area contributed by atoms with Gasteiger partial charge in [-0.1, -0.05) is 12.1 Å². The van der Waals surface area contributed by atoms with Crippen molar-refractivity contribution in [2.24, 2.45) is 0 Å². The summed E-state index contributed by atoms with van der Waals surface area (Å²) in [6, 6.07) is 6.66. The largest absolute Gasteiger partial charge is 0.338 e. The molecule has 1 saturated heterocycles. The fourth-order valence-electron chi connectivity index (χ4n) is 2.55. The molecular formula is C14H15N3O3. The van der Waals surface area contributed by atoms with Crippen molar-refractivity contribution in [3.8, 4) is 0 Å². The summed E-state index contributed by atoms with van der Waals surface area (Å²) in [4.78, 5) is 38.7. The predicted molar refractivity (Wildman–Crippen MR) is 71.4 cm³/mol. The van der Waals surface area contributed by atoms with Gasteiger partial charge < -0.3 is 10.2 Å². The summed E-state index contributed by atoms with van der Waals surface area (Å²) in [5.74, 6) is -0.550. The van der Waals surface area contributed by atoms with Gasteiger partial charge in [0.05, 0.1) is 11.1 Å². The summed E-state index contributed by atoms with van der Waals surface area (Å²) >= 11 is 0. The van der Waals surface area contributed by atoms with Gasteiger partial charge in [0.1, 0.15) is 0 Å². The van der Waals surface area contributed by atoms with Crippen molar-refractivity contribution in [1.29, 1.82) is 0 Å². The lowest BCUT2D eigenvalue weighted by Crippen LogP contribution is -2.49. The van der Waals surface area contributed by atoms with Gasteiger partial charge in [-0.05, 0) is 18.6 Å². The molecule has 6 nitrogen and oxygen atoms in total. The Morgan fingerprint density at radius 2 is 1.65 bits per heavy atom. The first-order chi connectivity index (χ1) is 9.68. The third kappa shape index (κ3) is 2.03. The Bertz CT molecular complexity index is 550. The number of urea groups is 1. The number of benzene rings is 1. The second-order valence-electron chi connectivity index (χ2n) is 4.88. The maximum absolute atomic E-state index is 12.1. The van der Waals surface area contributed by atoms with Gasteiger partial charge in [-0.3, -0.25) is 14.5 Å². The van der Waals surface area contributed by atoms with Crippen LogP contribution in [0.1, 0.15) is 27.1 Å². The highest BCUT2D eigenvalue weighted by atomic mass is 16.2. The Hall–Kier alpha value is -2.37. The first-order valence-corrected chi connectivity index (χ1v) is 6.66. The molecule has 0 bridgehead atoms. The maximum atomic E-state index is 12.1. The van der Waals surface area contributed by atoms with E-state index in [9.17, 15) is 14.4 Å². The molecule has 0 spiro atoms. The number of rotatable bonds is 3. The summed E-state index contributed by atoms with van der Waals surface area (Å²) in [5, 5.41) is 2.75. The molecule has 0 aliphatic carbocycles. The SMILES string of the molecule is O=C1NCCCN1CCN1C(=O)c2ccccc2C1=O. The van der Waals surface area contributed by atoms with Gasteiger partial charge in [-0.25, -0.2) is 4.79 Å². The smallest absolute Gasteiger partial charge is 0.317 e. The van der Waals surface area contributed by atoms with E-state index >= 15 is 0 Å². The van der Waals surface area contributed by atoms with E-state index in [-0.39, 0.29) is 24.4 Å². The van der Waals surface area contributed by atoms with Crippen LogP contribution in [0.3, 0.4) is 0 Å². The van der Waals surface area contributed by atoms with Crippen molar-refractivity contribution in [3.63, 3.8) is 0 Å². The highest BCUT2D eigenvalue weighted by molar-refractivity contribution is 6.21. The van der Waals surface area contributed by atoms with Crippen LogP contribution in [0.5, 0.6) is 0 Å². The number of amides is 4. The molecule has 3 rings (SSSR count). The molecule has 0 radical (unpaired) electrons. The molecule has 104 valence electrons. The van der Waals surface area contributed by atoms with E-state index in [0.29, 0.717) is 30.8 Å². The molecule has 1 fully saturated rings. The molecule has 6 heteroatoms. The van der Waals surface area contributed by atoms with Crippen LogP contribution in [0, 0.1) is 0 Å². The highest BCUT2D eigenvalue weighted by Crippen LogP contribution is 2.22. The number of nitrogens with one attached hydrogen (secondary N) is 1. The number of nitrogens with zero attached hydrogens (tertiary/aromatic N) is 2. The van der Waals surface area contributed by atoms with Gasteiger partial charge >= 0.3 is 6.03 Å². The quantitative estimate of drug-likeness (QED) is 0.824. The minimum absolute atomic E-state index is 0.132. The Balaban J connectivity index is 1.69. The number of fused-ring (bicyclic) bond motifs is 1. The summed E-state index contributed by atoms with van der Waals surface area (Å²) in [5.41, 5.74) is 0.890. The van der Waals surface area contributed by atoms with E-state index in [1.807, 2.05) is 0 Å². The molecule has 20 heavy (non-hydrogen) atoms. The van der Waals surface area contributed by atoms with Crippen molar-refractivity contribution >= 4 is 17.8 Å². The summed E-state index contributed by atoms with van der Waals surface area (Å²) in [7, 11) is 0. The van der Waals surface area contributed by atoms with Crippen LogP contribution in [0.15, 0.2) is 24.3 Å². The van der Waals surface area contributed by atoms with Crippen LogP contribution >= 0.6 is 0 Å². The van der Waals surface area contributed by atoms with Crippen LogP contribution in [-0.2, 0) is 0 Å². The Labute approximate surface area is 116 Å². The standard InChI is InChI=1S/C14H15N3O3/c18-12-10-4-1-2-5-11(10)13(19)17(12)9-8-16-7-3-6-15-14(16)20/h1-2,4-5H,3,6-9H2,(H,15,20). The molecular weight excluding hydrogens is 258 g/mol. The number of hydrogen-bond acceptors (Lipinski definition) is 3. The molecule has 0 unspecified atom stereocenters. The molecule has 0 aromatic heterocycles. The van der Waals surface area contributed by atoms with Crippen LogP contribution in [-0.4, -0.2) is 53.8 Å². The monoisotopic (exact) mass is 273 g/mol. The number of imide groups is 1. The van der Waals surface area contributed by atoms with Crippen LogP contribution in [0.25, 0.3) is 0 Å². The van der Waals surface area contributed by atoms with Crippen molar-refractivity contribution in [2.45, 2.75) is 6.42 Å². The fraction of sp³-hybridized carbons (Fsp3) is 0.357. The number of carbonyl (C=O) groups is 3. The minimum atomic E-state index is -0.275. The van der Waals surface area contributed by atoms with Crippen LogP contribution in [0.2, 0.25) is 0 Å². The molecule has 1 aromatic carbocycles. The van der Waals surface area contributed by atoms with Crippen molar-refractivity contribution in [3.05, 3.63) is 35.4 Å². The second kappa shape index (κ2) is 4.96. The summed E-state index contributed by atoms with van der Waals surface area (Å²) < 4.78 is 0. The molecule has 2 aliphatic heterocycles. The maximum Gasteiger partial charge on any atom is 0.317 e. The van der Waals surface area contributed by atoms with Crippen molar-refractivity contribution < 1.29 is 14.4 Å². The first kappa shape index (κ1) is 12.7. The Morgan fingerprint density at radius 1 is 1.00 bits per heavy atom. The van der Waals surface area contributed by atoms with Gasteiger partial charge in [0.15, 0.2) is 0 Å². The summed E-state index contributed by atoms with van der Waals surface area (Å²) in [6.07, 6.45) is 0.883. The van der Waals surface area contributed by atoms with E-state index < -0.39 is 0 Å². The number of hydrogen-bond donors (Lipinski definition) is 1. The average molecular weight is 273 g/mol. The van der Waals surface area contributed by atoms with E-state index in [1.54, 1.807) is 29.2 Å². The zero-order valence-corrected chi connectivity index (χ0v) is 11.0. The zero-order valence-electron chi connectivity index (χ0n) is 11.0. The molecule has 4 amide bonds. The van der Waals surface area contributed by atoms with Crippen molar-refractivity contribution in [1.82, 2.24) is 15.1 Å². The first-order valence-electron chi connectivity index (χ1n) is 6.66. The van der Waals surface area contributed by atoms with E-state index in [0.717, 1.165) is 6.42 Å². The molecule has 2 aliphatic rings. The molecule has 0 saturated carbocycles. The van der Waals surface area contributed by atoms with Crippen LogP contribution in [0.4, 0.5) is 4.79 Å². The molecule has 1 aromatic rings. The lowest BCUT2D eigenvalue weighted by Gasteiger charge is -2.28. The Morgan fingerprint density at radius 3 is 2.25 bits per heavy atom. The van der Waals surface area contributed by atoms with E-state index in [4.69, 9.17) is 0 Å². The fourth-order valence-corrected chi connectivity index (χ4v) is 2.55. The normalized spacial score (nSPS) is 18.3. The summed E-state index contributed by atoms with van der Waals surface area (Å²) in [6.45, 7) is 1.95. The minimum Gasteiger partial charge on any atom is -0.338 e. The van der Waals surface area contributed by atoms with Gasteiger partial charge in [0.25, 0.3) is 11.8 Å². The topological polar surface area (TPSA) is 69.7 Å². The number of carbonyl (C=O) groups excluding carboxylic acids is 3. The third-order valence-electron chi connectivity index (χ3n) is 3.64. The van der Waals surface area contributed by atoms with E-state index in [2.05, 4.69) is 5.32 Å². The van der Waals surface area contributed by atoms with Crippen LogP contribution < -0.4 is 5.32 Å². The van der Waals surface area contributed by atoms with Gasteiger partial charge in [-0.2, -0.15) is 0 Å².